The van der Waals surface area contributed by atoms with Crippen molar-refractivity contribution in [2.75, 3.05) is 6.61 Å². The van der Waals surface area contributed by atoms with E-state index in [1.54, 1.807) is 13.0 Å². The van der Waals surface area contributed by atoms with E-state index in [9.17, 15) is 13.6 Å². The normalized spacial score (nSPS) is 11.1. The minimum Gasteiger partial charge on any atom is -0.461 e. The Kier molecular flexibility index (Phi) is 4.81. The van der Waals surface area contributed by atoms with Crippen LogP contribution in [0.2, 0.25) is 0 Å². The lowest BCUT2D eigenvalue weighted by molar-refractivity contribution is 0.0506. The molecule has 0 saturated carbocycles. The second kappa shape index (κ2) is 6.40. The first-order valence-electron chi connectivity index (χ1n) is 5.64. The Morgan fingerprint density at radius 1 is 1.60 bits per heavy atom. The van der Waals surface area contributed by atoms with Gasteiger partial charge in [0.2, 0.25) is 0 Å². The van der Waals surface area contributed by atoms with E-state index in [-0.39, 0.29) is 13.2 Å². The summed E-state index contributed by atoms with van der Waals surface area (Å²) in [6.45, 7) is 1.81. The maximum Gasteiger partial charge on any atom is 0.361 e. The summed E-state index contributed by atoms with van der Waals surface area (Å²) in [5, 5.41) is 8.97. The molecule has 0 spiro atoms. The average Bonchev–Trinajstić information content (AvgIpc) is 2.96. The van der Waals surface area contributed by atoms with Crippen LogP contribution in [0.25, 0.3) is 0 Å². The van der Waals surface area contributed by atoms with E-state index in [1.807, 2.05) is 5.38 Å². The highest BCUT2D eigenvalue weighted by Gasteiger charge is 2.27. The van der Waals surface area contributed by atoms with E-state index in [0.29, 0.717) is 0 Å². The summed E-state index contributed by atoms with van der Waals surface area (Å²) < 4.78 is 32.8. The molecule has 2 rings (SSSR count). The van der Waals surface area contributed by atoms with Crippen LogP contribution < -0.4 is 0 Å². The van der Waals surface area contributed by atoms with Gasteiger partial charge in [0.15, 0.2) is 5.69 Å². The van der Waals surface area contributed by atoms with E-state index >= 15 is 0 Å². The van der Waals surface area contributed by atoms with E-state index in [2.05, 4.69) is 26.2 Å². The minimum atomic E-state index is -2.85. The molecule has 0 aliphatic carbocycles. The Labute approximate surface area is 125 Å². The van der Waals surface area contributed by atoms with Crippen molar-refractivity contribution in [3.8, 4) is 0 Å². The van der Waals surface area contributed by atoms with Crippen molar-refractivity contribution >= 4 is 33.2 Å². The Bertz CT molecular complexity index is 615. The molecule has 0 unspecified atom stereocenters. The second-order valence-corrected chi connectivity index (χ2v) is 5.64. The zero-order chi connectivity index (χ0) is 14.7. The zero-order valence-electron chi connectivity index (χ0n) is 10.3. The maximum absolute atomic E-state index is 13.1. The van der Waals surface area contributed by atoms with Gasteiger partial charge in [0.05, 0.1) is 13.2 Å². The molecule has 0 saturated heterocycles. The van der Waals surface area contributed by atoms with E-state index in [0.717, 1.165) is 14.0 Å². The average molecular weight is 366 g/mol. The number of hydrogen-bond acceptors (Lipinski definition) is 5. The number of carbonyl (C=O) groups is 1. The molecule has 0 radical (unpaired) electrons. The van der Waals surface area contributed by atoms with Gasteiger partial charge in [-0.15, -0.1) is 16.4 Å². The number of nitrogens with zero attached hydrogens (tertiary/aromatic N) is 3. The van der Waals surface area contributed by atoms with Crippen LogP contribution in [0.3, 0.4) is 0 Å². The summed E-state index contributed by atoms with van der Waals surface area (Å²) in [7, 11) is 0. The molecule has 0 atom stereocenters. The SMILES string of the molecule is CCOC(=O)c1nnn(Cc2cc(Br)cs2)c1C(F)F. The quantitative estimate of drug-likeness (QED) is 0.763. The fourth-order valence-electron chi connectivity index (χ4n) is 1.58. The van der Waals surface area contributed by atoms with Gasteiger partial charge < -0.3 is 4.74 Å². The van der Waals surface area contributed by atoms with Gasteiger partial charge in [0.25, 0.3) is 6.43 Å². The molecule has 0 bridgehead atoms. The van der Waals surface area contributed by atoms with Crippen LogP contribution in [-0.2, 0) is 11.3 Å². The summed E-state index contributed by atoms with van der Waals surface area (Å²) in [6, 6.07) is 1.80. The van der Waals surface area contributed by atoms with Crippen LogP contribution in [0.4, 0.5) is 8.78 Å². The highest BCUT2D eigenvalue weighted by molar-refractivity contribution is 9.10. The molecule has 108 valence electrons. The molecule has 0 fully saturated rings. The molecule has 2 aromatic rings. The van der Waals surface area contributed by atoms with Crippen LogP contribution in [-0.4, -0.2) is 27.6 Å². The standard InChI is InChI=1S/C11H10BrF2N3O2S/c1-2-19-11(18)8-9(10(13)14)17(16-15-8)4-7-3-6(12)5-20-7/h3,5,10H,2,4H2,1H3. The fourth-order valence-corrected chi connectivity index (χ4v) is 3.01. The Hall–Kier alpha value is -1.35. The predicted molar refractivity (Wildman–Crippen MR) is 72.1 cm³/mol. The molecule has 2 aromatic heterocycles. The van der Waals surface area contributed by atoms with Crippen LogP contribution in [0, 0.1) is 0 Å². The van der Waals surface area contributed by atoms with Gasteiger partial charge in [-0.2, -0.15) is 0 Å². The second-order valence-electron chi connectivity index (χ2n) is 3.73. The van der Waals surface area contributed by atoms with E-state index < -0.39 is 23.8 Å². The van der Waals surface area contributed by atoms with Crippen molar-refractivity contribution in [2.45, 2.75) is 19.9 Å². The topological polar surface area (TPSA) is 57.0 Å². The molecule has 0 aromatic carbocycles. The molecule has 0 aliphatic heterocycles. The number of ether oxygens (including phenoxy) is 1. The van der Waals surface area contributed by atoms with E-state index in [1.165, 1.54) is 11.3 Å². The molecular formula is C11H10BrF2N3O2S. The van der Waals surface area contributed by atoms with Gasteiger partial charge in [-0.25, -0.2) is 18.3 Å². The summed E-state index contributed by atoms with van der Waals surface area (Å²) in [5.41, 5.74) is -0.953. The number of aromatic nitrogens is 3. The number of alkyl halides is 2. The molecule has 0 amide bonds. The number of thiophene rings is 1. The molecule has 2 heterocycles. The molecule has 0 aliphatic rings. The lowest BCUT2D eigenvalue weighted by atomic mass is 10.3. The van der Waals surface area contributed by atoms with Crippen LogP contribution in [0.15, 0.2) is 15.9 Å². The number of esters is 1. The maximum atomic E-state index is 13.1. The molecular weight excluding hydrogens is 356 g/mol. The third-order valence-electron chi connectivity index (χ3n) is 2.38. The first-order valence-corrected chi connectivity index (χ1v) is 7.31. The summed E-state index contributed by atoms with van der Waals surface area (Å²) >= 11 is 4.68. The van der Waals surface area contributed by atoms with Crippen molar-refractivity contribution in [2.24, 2.45) is 0 Å². The molecule has 0 N–H and O–H groups in total. The minimum absolute atomic E-state index is 0.0895. The zero-order valence-corrected chi connectivity index (χ0v) is 12.7. The lowest BCUT2D eigenvalue weighted by Gasteiger charge is -2.05. The molecule has 5 nitrogen and oxygen atoms in total. The number of carbonyl (C=O) groups excluding carboxylic acids is 1. The third-order valence-corrected chi connectivity index (χ3v) is 4.06. The van der Waals surface area contributed by atoms with Crippen molar-refractivity contribution in [3.63, 3.8) is 0 Å². The summed E-state index contributed by atoms with van der Waals surface area (Å²) in [6.07, 6.45) is -2.85. The smallest absolute Gasteiger partial charge is 0.361 e. The van der Waals surface area contributed by atoms with E-state index in [4.69, 9.17) is 4.74 Å². The Balaban J connectivity index is 2.31. The summed E-state index contributed by atoms with van der Waals surface area (Å²) in [4.78, 5) is 12.4. The van der Waals surface area contributed by atoms with Crippen molar-refractivity contribution < 1.29 is 18.3 Å². The first kappa shape index (κ1) is 15.0. The Morgan fingerprint density at radius 2 is 2.35 bits per heavy atom. The van der Waals surface area contributed by atoms with Crippen molar-refractivity contribution in [1.82, 2.24) is 15.0 Å². The Morgan fingerprint density at radius 3 is 2.90 bits per heavy atom. The highest BCUT2D eigenvalue weighted by Crippen LogP contribution is 2.25. The van der Waals surface area contributed by atoms with Crippen LogP contribution >= 0.6 is 27.3 Å². The largest absolute Gasteiger partial charge is 0.461 e. The molecule has 9 heteroatoms. The van der Waals surface area contributed by atoms with Crippen molar-refractivity contribution in [3.05, 3.63) is 32.2 Å². The van der Waals surface area contributed by atoms with Gasteiger partial charge in [-0.3, -0.25) is 0 Å². The first-order chi connectivity index (χ1) is 9.52. The van der Waals surface area contributed by atoms with Crippen LogP contribution in [0.5, 0.6) is 0 Å². The number of halogens is 3. The van der Waals surface area contributed by atoms with Crippen LogP contribution in [0.1, 0.15) is 34.4 Å². The fraction of sp³-hybridized carbons (Fsp3) is 0.364. The van der Waals surface area contributed by atoms with Crippen molar-refractivity contribution in [1.29, 1.82) is 0 Å². The van der Waals surface area contributed by atoms with Gasteiger partial charge in [-0.1, -0.05) is 5.21 Å². The third kappa shape index (κ3) is 3.21. The van der Waals surface area contributed by atoms with Gasteiger partial charge in [0.1, 0.15) is 5.69 Å². The monoisotopic (exact) mass is 365 g/mol. The van der Waals surface area contributed by atoms with Gasteiger partial charge >= 0.3 is 5.97 Å². The summed E-state index contributed by atoms with van der Waals surface area (Å²) in [5.74, 6) is -0.888. The molecule has 20 heavy (non-hydrogen) atoms. The highest BCUT2D eigenvalue weighted by atomic mass is 79.9. The van der Waals surface area contributed by atoms with Gasteiger partial charge in [-0.05, 0) is 28.9 Å². The number of rotatable bonds is 5. The number of hydrogen-bond donors (Lipinski definition) is 0. The predicted octanol–water partition coefficient (Wildman–Crippen LogP) is 3.26. The lowest BCUT2D eigenvalue weighted by Crippen LogP contribution is -2.11. The van der Waals surface area contributed by atoms with Gasteiger partial charge in [0, 0.05) is 14.7 Å².